The first-order valence-corrected chi connectivity index (χ1v) is 10.4. The number of amides is 3. The number of morpholine rings is 1. The van der Waals surface area contributed by atoms with Gasteiger partial charge >= 0.3 is 5.97 Å². The molecular weight excluding hydrogens is 418 g/mol. The summed E-state index contributed by atoms with van der Waals surface area (Å²) in [5.41, 5.74) is -0.0520. The minimum Gasteiger partial charge on any atom is -0.458 e. The second-order valence-electron chi connectivity index (χ2n) is 8.85. The standard InChI is InChI=1S/C22H29N3O7/c1-22(2,3)32-21(30)17(27)18-20(29)25(10-11-31-18)15-7-5-6-14(12-15)19(28)24-9-8-23(4)16(26)13-24/h5-7,12,17-18,27H,8-11,13H2,1-4H3/t17-,18-/m1/s1. The van der Waals surface area contributed by atoms with Gasteiger partial charge < -0.3 is 29.3 Å². The van der Waals surface area contributed by atoms with Gasteiger partial charge in [-0.3, -0.25) is 14.4 Å². The minimum absolute atomic E-state index is 0.000199. The quantitative estimate of drug-likeness (QED) is 0.648. The number of anilines is 1. The molecule has 2 aliphatic rings. The average molecular weight is 447 g/mol. The Balaban J connectivity index is 1.75. The van der Waals surface area contributed by atoms with Crippen molar-refractivity contribution >= 4 is 29.4 Å². The number of piperazine rings is 1. The summed E-state index contributed by atoms with van der Waals surface area (Å²) in [6.07, 6.45) is -3.18. The van der Waals surface area contributed by atoms with Gasteiger partial charge in [0.1, 0.15) is 12.1 Å². The van der Waals surface area contributed by atoms with Gasteiger partial charge in [-0.1, -0.05) is 6.07 Å². The Labute approximate surface area is 186 Å². The van der Waals surface area contributed by atoms with Crippen LogP contribution >= 0.6 is 0 Å². The zero-order valence-corrected chi connectivity index (χ0v) is 18.7. The summed E-state index contributed by atoms with van der Waals surface area (Å²) in [7, 11) is 1.69. The van der Waals surface area contributed by atoms with E-state index >= 15 is 0 Å². The van der Waals surface area contributed by atoms with Crippen LogP contribution in [0.5, 0.6) is 0 Å². The molecule has 2 heterocycles. The molecule has 0 spiro atoms. The molecular formula is C22H29N3O7. The van der Waals surface area contributed by atoms with Crippen LogP contribution in [-0.4, -0.2) is 96.2 Å². The Hall–Kier alpha value is -2.98. The summed E-state index contributed by atoms with van der Waals surface area (Å²) >= 11 is 0. The molecule has 1 aromatic rings. The predicted molar refractivity (Wildman–Crippen MR) is 114 cm³/mol. The molecule has 32 heavy (non-hydrogen) atoms. The van der Waals surface area contributed by atoms with Crippen LogP contribution in [0.15, 0.2) is 24.3 Å². The number of likely N-dealkylation sites (N-methyl/N-ethyl adjacent to an activating group) is 1. The maximum Gasteiger partial charge on any atom is 0.338 e. The SMILES string of the molecule is CN1CCN(C(=O)c2cccc(N3CCO[C@H]([C@@H](O)C(=O)OC(C)(C)C)C3=O)c2)CC1=O. The third kappa shape index (κ3) is 5.25. The molecule has 0 aromatic heterocycles. The summed E-state index contributed by atoms with van der Waals surface area (Å²) < 4.78 is 10.5. The van der Waals surface area contributed by atoms with Gasteiger partial charge in [-0.25, -0.2) is 4.79 Å². The van der Waals surface area contributed by atoms with Crippen LogP contribution in [0.3, 0.4) is 0 Å². The molecule has 0 radical (unpaired) electrons. The Morgan fingerprint density at radius 3 is 2.56 bits per heavy atom. The molecule has 3 amide bonds. The Morgan fingerprint density at radius 2 is 1.91 bits per heavy atom. The van der Waals surface area contributed by atoms with Crippen molar-refractivity contribution in [2.75, 3.05) is 44.7 Å². The van der Waals surface area contributed by atoms with Crippen LogP contribution in [0.1, 0.15) is 31.1 Å². The molecule has 2 saturated heterocycles. The van der Waals surface area contributed by atoms with Gasteiger partial charge in [0.25, 0.3) is 11.8 Å². The molecule has 2 fully saturated rings. The third-order valence-electron chi connectivity index (χ3n) is 5.21. The van der Waals surface area contributed by atoms with E-state index in [2.05, 4.69) is 0 Å². The monoisotopic (exact) mass is 447 g/mol. The molecule has 10 heteroatoms. The summed E-state index contributed by atoms with van der Waals surface area (Å²) in [5.74, 6) is -1.99. The van der Waals surface area contributed by atoms with Crippen molar-refractivity contribution in [3.05, 3.63) is 29.8 Å². The number of aliphatic hydroxyl groups excluding tert-OH is 1. The maximum atomic E-state index is 13.0. The van der Waals surface area contributed by atoms with Gasteiger partial charge in [0.05, 0.1) is 6.61 Å². The highest BCUT2D eigenvalue weighted by Gasteiger charge is 2.41. The highest BCUT2D eigenvalue weighted by atomic mass is 16.6. The van der Waals surface area contributed by atoms with Crippen LogP contribution in [0.4, 0.5) is 5.69 Å². The first-order chi connectivity index (χ1) is 15.0. The van der Waals surface area contributed by atoms with E-state index in [9.17, 15) is 24.3 Å². The number of aliphatic hydroxyl groups is 1. The van der Waals surface area contributed by atoms with E-state index in [0.717, 1.165) is 0 Å². The highest BCUT2D eigenvalue weighted by Crippen LogP contribution is 2.23. The lowest BCUT2D eigenvalue weighted by molar-refractivity contribution is -0.177. The molecule has 3 rings (SSSR count). The van der Waals surface area contributed by atoms with Gasteiger partial charge in [0, 0.05) is 37.9 Å². The van der Waals surface area contributed by atoms with E-state index in [4.69, 9.17) is 9.47 Å². The van der Waals surface area contributed by atoms with E-state index in [0.29, 0.717) is 24.3 Å². The van der Waals surface area contributed by atoms with Crippen LogP contribution in [0.25, 0.3) is 0 Å². The molecule has 1 aromatic carbocycles. The Bertz CT molecular complexity index is 911. The average Bonchev–Trinajstić information content (AvgIpc) is 2.73. The van der Waals surface area contributed by atoms with Crippen molar-refractivity contribution in [3.8, 4) is 0 Å². The topological polar surface area (TPSA) is 117 Å². The van der Waals surface area contributed by atoms with Crippen LogP contribution in [-0.2, 0) is 23.9 Å². The number of rotatable bonds is 4. The fraction of sp³-hybridized carbons (Fsp3) is 0.545. The Kier molecular flexibility index (Phi) is 6.85. The van der Waals surface area contributed by atoms with Gasteiger partial charge in [-0.2, -0.15) is 0 Å². The first kappa shape index (κ1) is 23.7. The second kappa shape index (κ2) is 9.25. The van der Waals surface area contributed by atoms with Crippen molar-refractivity contribution in [3.63, 3.8) is 0 Å². The van der Waals surface area contributed by atoms with E-state index in [1.807, 2.05) is 0 Å². The predicted octanol–water partition coefficient (Wildman–Crippen LogP) is 0.0352. The van der Waals surface area contributed by atoms with Crippen molar-refractivity contribution < 1.29 is 33.8 Å². The maximum absolute atomic E-state index is 13.0. The number of benzene rings is 1. The summed E-state index contributed by atoms with van der Waals surface area (Å²) in [6.45, 7) is 6.14. The van der Waals surface area contributed by atoms with Crippen LogP contribution in [0, 0.1) is 0 Å². The lowest BCUT2D eigenvalue weighted by Crippen LogP contribution is -2.55. The van der Waals surface area contributed by atoms with Crippen molar-refractivity contribution in [2.45, 2.75) is 38.6 Å². The van der Waals surface area contributed by atoms with Crippen LogP contribution < -0.4 is 4.90 Å². The zero-order chi connectivity index (χ0) is 23.6. The van der Waals surface area contributed by atoms with Gasteiger partial charge in [0.15, 0.2) is 12.2 Å². The lowest BCUT2D eigenvalue weighted by Gasteiger charge is -2.35. The third-order valence-corrected chi connectivity index (χ3v) is 5.21. The number of hydrogen-bond acceptors (Lipinski definition) is 7. The number of carbonyl (C=O) groups is 4. The zero-order valence-electron chi connectivity index (χ0n) is 18.7. The fourth-order valence-corrected chi connectivity index (χ4v) is 3.50. The van der Waals surface area contributed by atoms with E-state index in [1.165, 1.54) is 9.80 Å². The molecule has 0 aliphatic carbocycles. The number of ether oxygens (including phenoxy) is 2. The number of carbonyl (C=O) groups excluding carboxylic acids is 4. The largest absolute Gasteiger partial charge is 0.458 e. The van der Waals surface area contributed by atoms with Crippen molar-refractivity contribution in [1.29, 1.82) is 0 Å². The normalized spacial score (nSPS) is 20.9. The molecule has 0 unspecified atom stereocenters. The van der Waals surface area contributed by atoms with Gasteiger partial charge in [0.2, 0.25) is 5.91 Å². The van der Waals surface area contributed by atoms with E-state index < -0.39 is 29.7 Å². The highest BCUT2D eigenvalue weighted by molar-refractivity contribution is 6.02. The fourth-order valence-electron chi connectivity index (χ4n) is 3.50. The second-order valence-corrected chi connectivity index (χ2v) is 8.85. The first-order valence-electron chi connectivity index (χ1n) is 10.4. The molecule has 10 nitrogen and oxygen atoms in total. The molecule has 0 bridgehead atoms. The van der Waals surface area contributed by atoms with Gasteiger partial charge in [-0.05, 0) is 39.0 Å². The summed E-state index contributed by atoms with van der Waals surface area (Å²) in [5, 5.41) is 10.4. The van der Waals surface area contributed by atoms with Crippen molar-refractivity contribution in [2.24, 2.45) is 0 Å². The number of hydrogen-bond donors (Lipinski definition) is 1. The van der Waals surface area contributed by atoms with Crippen LogP contribution in [0.2, 0.25) is 0 Å². The lowest BCUT2D eigenvalue weighted by atomic mass is 10.1. The summed E-state index contributed by atoms with van der Waals surface area (Å²) in [4.78, 5) is 54.4. The molecule has 174 valence electrons. The number of nitrogens with zero attached hydrogens (tertiary/aromatic N) is 3. The smallest absolute Gasteiger partial charge is 0.338 e. The van der Waals surface area contributed by atoms with Crippen molar-refractivity contribution in [1.82, 2.24) is 9.80 Å². The minimum atomic E-state index is -1.77. The van der Waals surface area contributed by atoms with Gasteiger partial charge in [-0.15, -0.1) is 0 Å². The Morgan fingerprint density at radius 1 is 1.19 bits per heavy atom. The molecule has 1 N–H and O–H groups in total. The molecule has 2 aliphatic heterocycles. The molecule has 0 saturated carbocycles. The molecule has 2 atom stereocenters. The number of esters is 1. The van der Waals surface area contributed by atoms with E-state index in [-0.39, 0.29) is 31.5 Å². The van der Waals surface area contributed by atoms with E-state index in [1.54, 1.807) is 57.0 Å². The summed E-state index contributed by atoms with van der Waals surface area (Å²) in [6, 6.07) is 6.48.